The molecule has 0 spiro atoms. The first-order valence-corrected chi connectivity index (χ1v) is 10.2. The minimum Gasteiger partial charge on any atom is -0.497 e. The largest absolute Gasteiger partial charge is 0.497 e. The SMILES string of the molecule is COc1ccc(NC(=O)C(C)Sc2nc(-c3ccccc3)cc(C(F)(F)F)n2)c(C)c1. The number of benzene rings is 2. The van der Waals surface area contributed by atoms with Gasteiger partial charge in [0.05, 0.1) is 18.1 Å². The highest BCUT2D eigenvalue weighted by Gasteiger charge is 2.34. The zero-order valence-corrected chi connectivity index (χ0v) is 17.8. The van der Waals surface area contributed by atoms with Gasteiger partial charge in [0.25, 0.3) is 0 Å². The average Bonchev–Trinajstić information content (AvgIpc) is 2.74. The normalized spacial score (nSPS) is 12.3. The summed E-state index contributed by atoms with van der Waals surface area (Å²) >= 11 is 0.865. The lowest BCUT2D eigenvalue weighted by atomic mass is 10.1. The van der Waals surface area contributed by atoms with Crippen molar-refractivity contribution in [3.8, 4) is 17.0 Å². The molecular formula is C22H20F3N3O2S. The maximum absolute atomic E-state index is 13.4. The van der Waals surface area contributed by atoms with Crippen molar-refractivity contribution in [2.75, 3.05) is 12.4 Å². The van der Waals surface area contributed by atoms with E-state index in [9.17, 15) is 18.0 Å². The average molecular weight is 447 g/mol. The lowest BCUT2D eigenvalue weighted by Gasteiger charge is -2.15. The van der Waals surface area contributed by atoms with E-state index < -0.39 is 17.1 Å². The van der Waals surface area contributed by atoms with Crippen LogP contribution in [-0.4, -0.2) is 28.2 Å². The molecule has 1 atom stereocenters. The van der Waals surface area contributed by atoms with Crippen molar-refractivity contribution >= 4 is 23.4 Å². The monoisotopic (exact) mass is 447 g/mol. The molecule has 3 aromatic rings. The molecule has 0 saturated carbocycles. The van der Waals surface area contributed by atoms with Crippen molar-refractivity contribution in [2.24, 2.45) is 0 Å². The maximum atomic E-state index is 13.4. The Labute approximate surface area is 182 Å². The van der Waals surface area contributed by atoms with Crippen molar-refractivity contribution in [2.45, 2.75) is 30.4 Å². The topological polar surface area (TPSA) is 64.1 Å². The number of alkyl halides is 3. The number of nitrogens with one attached hydrogen (secondary N) is 1. The van der Waals surface area contributed by atoms with E-state index in [1.54, 1.807) is 62.6 Å². The molecule has 1 unspecified atom stereocenters. The number of aromatic nitrogens is 2. The molecule has 9 heteroatoms. The number of anilines is 1. The van der Waals surface area contributed by atoms with Crippen LogP contribution in [0.2, 0.25) is 0 Å². The first kappa shape index (κ1) is 22.6. The third kappa shape index (κ3) is 5.75. The molecule has 31 heavy (non-hydrogen) atoms. The highest BCUT2D eigenvalue weighted by molar-refractivity contribution is 8.00. The van der Waals surface area contributed by atoms with E-state index in [1.807, 2.05) is 6.92 Å². The third-order valence-electron chi connectivity index (χ3n) is 4.41. The van der Waals surface area contributed by atoms with Crippen molar-refractivity contribution in [1.82, 2.24) is 9.97 Å². The molecular weight excluding hydrogens is 427 g/mol. The van der Waals surface area contributed by atoms with Crippen molar-refractivity contribution in [1.29, 1.82) is 0 Å². The number of hydrogen-bond donors (Lipinski definition) is 1. The van der Waals surface area contributed by atoms with E-state index in [4.69, 9.17) is 4.74 Å². The van der Waals surface area contributed by atoms with Gasteiger partial charge in [-0.05, 0) is 43.7 Å². The fourth-order valence-electron chi connectivity index (χ4n) is 2.73. The Bertz CT molecular complexity index is 1080. The lowest BCUT2D eigenvalue weighted by Crippen LogP contribution is -2.23. The molecule has 0 bridgehead atoms. The van der Waals surface area contributed by atoms with E-state index in [1.165, 1.54) is 0 Å². The molecule has 1 aromatic heterocycles. The van der Waals surface area contributed by atoms with Crippen LogP contribution in [0.4, 0.5) is 18.9 Å². The number of nitrogens with zero attached hydrogens (tertiary/aromatic N) is 2. The molecule has 0 aliphatic carbocycles. The summed E-state index contributed by atoms with van der Waals surface area (Å²) in [7, 11) is 1.55. The molecule has 5 nitrogen and oxygen atoms in total. The van der Waals surface area contributed by atoms with Gasteiger partial charge in [-0.3, -0.25) is 4.79 Å². The molecule has 1 amide bonds. The summed E-state index contributed by atoms with van der Waals surface area (Å²) in [6.07, 6.45) is -4.63. The first-order valence-electron chi connectivity index (χ1n) is 9.31. The fraction of sp³-hybridized carbons (Fsp3) is 0.227. The number of ether oxygens (including phenoxy) is 1. The predicted molar refractivity (Wildman–Crippen MR) is 114 cm³/mol. The molecule has 162 valence electrons. The fourth-order valence-corrected chi connectivity index (χ4v) is 3.51. The van der Waals surface area contributed by atoms with E-state index in [0.717, 1.165) is 23.4 Å². The molecule has 0 fully saturated rings. The van der Waals surface area contributed by atoms with E-state index in [0.29, 0.717) is 17.0 Å². The Morgan fingerprint density at radius 3 is 2.42 bits per heavy atom. The van der Waals surface area contributed by atoms with Gasteiger partial charge in [-0.25, -0.2) is 9.97 Å². The van der Waals surface area contributed by atoms with Gasteiger partial charge in [-0.2, -0.15) is 13.2 Å². The standard InChI is InChI=1S/C22H20F3N3O2S/c1-13-11-16(30-3)9-10-17(13)26-20(29)14(2)31-21-27-18(15-7-5-4-6-8-15)12-19(28-21)22(23,24)25/h4-12,14H,1-3H3,(H,26,29). The molecule has 1 N–H and O–H groups in total. The van der Waals surface area contributed by atoms with E-state index >= 15 is 0 Å². The summed E-state index contributed by atoms with van der Waals surface area (Å²) in [4.78, 5) is 20.5. The van der Waals surface area contributed by atoms with Gasteiger partial charge >= 0.3 is 6.18 Å². The Morgan fingerprint density at radius 1 is 1.10 bits per heavy atom. The summed E-state index contributed by atoms with van der Waals surface area (Å²) in [6.45, 7) is 3.41. The van der Waals surface area contributed by atoms with Gasteiger partial charge in [0, 0.05) is 11.3 Å². The highest BCUT2D eigenvalue weighted by atomic mass is 32.2. The number of rotatable bonds is 6. The van der Waals surface area contributed by atoms with E-state index in [-0.39, 0.29) is 16.8 Å². The molecule has 0 radical (unpaired) electrons. The van der Waals surface area contributed by atoms with Crippen LogP contribution in [0.25, 0.3) is 11.3 Å². The number of halogens is 3. The van der Waals surface area contributed by atoms with Gasteiger partial charge in [0.15, 0.2) is 5.16 Å². The van der Waals surface area contributed by atoms with Crippen molar-refractivity contribution in [3.63, 3.8) is 0 Å². The number of hydrogen-bond acceptors (Lipinski definition) is 5. The second-order valence-corrected chi connectivity index (χ2v) is 8.02. The molecule has 0 aliphatic heterocycles. The number of thioether (sulfide) groups is 1. The second kappa shape index (κ2) is 9.38. The minimum absolute atomic E-state index is 0.122. The Balaban J connectivity index is 1.83. The number of methoxy groups -OCH3 is 1. The van der Waals surface area contributed by atoms with Gasteiger partial charge in [-0.15, -0.1) is 0 Å². The molecule has 3 rings (SSSR count). The van der Waals surface area contributed by atoms with Crippen molar-refractivity contribution < 1.29 is 22.7 Å². The lowest BCUT2D eigenvalue weighted by molar-refractivity contribution is -0.141. The smallest absolute Gasteiger partial charge is 0.433 e. The Hall–Kier alpha value is -3.07. The maximum Gasteiger partial charge on any atom is 0.433 e. The van der Waals surface area contributed by atoms with Crippen LogP contribution in [0.5, 0.6) is 5.75 Å². The number of carbonyl (C=O) groups excluding carboxylic acids is 1. The van der Waals surface area contributed by atoms with Crippen LogP contribution in [0, 0.1) is 6.92 Å². The summed E-state index contributed by atoms with van der Waals surface area (Å²) in [5, 5.41) is 1.93. The first-order chi connectivity index (χ1) is 14.7. The number of aryl methyl sites for hydroxylation is 1. The highest BCUT2D eigenvalue weighted by Crippen LogP contribution is 2.33. The third-order valence-corrected chi connectivity index (χ3v) is 5.37. The number of amides is 1. The summed E-state index contributed by atoms with van der Waals surface area (Å²) in [5.41, 5.74) is 1.01. The predicted octanol–water partition coefficient (Wildman–Crippen LogP) is 5.60. The van der Waals surface area contributed by atoms with Crippen molar-refractivity contribution in [3.05, 3.63) is 65.9 Å². The zero-order valence-electron chi connectivity index (χ0n) is 17.0. The Kier molecular flexibility index (Phi) is 6.84. The van der Waals surface area contributed by atoms with Crippen LogP contribution in [0.3, 0.4) is 0 Å². The van der Waals surface area contributed by atoms with Gasteiger partial charge in [0.1, 0.15) is 11.4 Å². The van der Waals surface area contributed by atoms with Crippen LogP contribution in [-0.2, 0) is 11.0 Å². The van der Waals surface area contributed by atoms with Gasteiger partial charge < -0.3 is 10.1 Å². The van der Waals surface area contributed by atoms with E-state index in [2.05, 4.69) is 15.3 Å². The molecule has 2 aromatic carbocycles. The quantitative estimate of drug-likeness (QED) is 0.394. The molecule has 1 heterocycles. The minimum atomic E-state index is -4.63. The summed E-state index contributed by atoms with van der Waals surface area (Å²) in [6, 6.07) is 14.6. The van der Waals surface area contributed by atoms with Crippen LogP contribution in [0.1, 0.15) is 18.2 Å². The van der Waals surface area contributed by atoms with Gasteiger partial charge in [-0.1, -0.05) is 42.1 Å². The number of carbonyl (C=O) groups is 1. The van der Waals surface area contributed by atoms with Crippen LogP contribution >= 0.6 is 11.8 Å². The molecule has 0 saturated heterocycles. The van der Waals surface area contributed by atoms with Gasteiger partial charge in [0.2, 0.25) is 5.91 Å². The second-order valence-electron chi connectivity index (χ2n) is 6.71. The van der Waals surface area contributed by atoms with Crippen LogP contribution in [0.15, 0.2) is 59.8 Å². The Morgan fingerprint density at radius 2 is 1.81 bits per heavy atom. The molecule has 0 aliphatic rings. The summed E-state index contributed by atoms with van der Waals surface area (Å²) < 4.78 is 45.2. The summed E-state index contributed by atoms with van der Waals surface area (Å²) in [5.74, 6) is 0.282. The zero-order chi connectivity index (χ0) is 22.6. The van der Waals surface area contributed by atoms with Crippen LogP contribution < -0.4 is 10.1 Å².